The lowest BCUT2D eigenvalue weighted by Gasteiger charge is -2.06. The van der Waals surface area contributed by atoms with Crippen LogP contribution in [0.3, 0.4) is 0 Å². The molecule has 0 unspecified atom stereocenters. The van der Waals surface area contributed by atoms with E-state index in [1.165, 1.54) is 0 Å². The van der Waals surface area contributed by atoms with Crippen molar-refractivity contribution in [1.29, 1.82) is 0 Å². The molecule has 0 aliphatic carbocycles. The number of anilines is 1. The van der Waals surface area contributed by atoms with E-state index in [2.05, 4.69) is 10.1 Å². The molecule has 0 spiro atoms. The first-order valence-corrected chi connectivity index (χ1v) is 7.80. The minimum Gasteiger partial charge on any atom is -0.497 e. The number of hydrogen-bond acceptors (Lipinski definition) is 6. The Labute approximate surface area is 146 Å². The van der Waals surface area contributed by atoms with E-state index in [0.717, 1.165) is 17.0 Å². The van der Waals surface area contributed by atoms with Crippen LogP contribution < -0.4 is 15.2 Å². The molecular formula is C18H20N4O3. The smallest absolute Gasteiger partial charge is 0.336 e. The van der Waals surface area contributed by atoms with E-state index in [9.17, 15) is 0 Å². The van der Waals surface area contributed by atoms with E-state index in [0.29, 0.717) is 30.7 Å². The van der Waals surface area contributed by atoms with Gasteiger partial charge in [0, 0.05) is 18.4 Å². The Morgan fingerprint density at radius 2 is 1.68 bits per heavy atom. The molecule has 0 saturated heterocycles. The number of aromatic nitrogens is 3. The van der Waals surface area contributed by atoms with Crippen molar-refractivity contribution >= 4 is 5.69 Å². The van der Waals surface area contributed by atoms with Crippen LogP contribution in [0.1, 0.15) is 0 Å². The lowest BCUT2D eigenvalue weighted by Crippen LogP contribution is -2.05. The molecule has 0 aliphatic heterocycles. The summed E-state index contributed by atoms with van der Waals surface area (Å²) in [6.07, 6.45) is 0. The maximum Gasteiger partial charge on any atom is 0.336 e. The average Bonchev–Trinajstić information content (AvgIpc) is 3.07. The molecule has 3 aromatic rings. The van der Waals surface area contributed by atoms with E-state index in [4.69, 9.17) is 19.9 Å². The number of ether oxygens (including phenoxy) is 3. The first kappa shape index (κ1) is 16.8. The highest BCUT2D eigenvalue weighted by molar-refractivity contribution is 5.60. The molecule has 0 bridgehead atoms. The summed E-state index contributed by atoms with van der Waals surface area (Å²) in [7, 11) is 3.25. The first-order chi connectivity index (χ1) is 12.2. The third-order valence-corrected chi connectivity index (χ3v) is 3.59. The Morgan fingerprint density at radius 1 is 0.960 bits per heavy atom. The molecule has 7 nitrogen and oxygen atoms in total. The second-order valence-electron chi connectivity index (χ2n) is 5.29. The zero-order valence-electron chi connectivity index (χ0n) is 14.2. The number of nitrogens with two attached hydrogens (primary N) is 1. The zero-order chi connectivity index (χ0) is 17.6. The number of nitrogens with zero attached hydrogens (tertiary/aromatic N) is 3. The van der Waals surface area contributed by atoms with Crippen molar-refractivity contribution in [3.63, 3.8) is 0 Å². The van der Waals surface area contributed by atoms with Gasteiger partial charge in [0.15, 0.2) is 5.82 Å². The van der Waals surface area contributed by atoms with Gasteiger partial charge in [-0.1, -0.05) is 0 Å². The molecule has 1 heterocycles. The van der Waals surface area contributed by atoms with Gasteiger partial charge in [0.05, 0.1) is 19.4 Å². The molecule has 7 heteroatoms. The monoisotopic (exact) mass is 340 g/mol. The van der Waals surface area contributed by atoms with Gasteiger partial charge in [-0.3, -0.25) is 0 Å². The van der Waals surface area contributed by atoms with Gasteiger partial charge in [-0.15, -0.1) is 5.10 Å². The minimum atomic E-state index is 0.291. The first-order valence-electron chi connectivity index (χ1n) is 7.80. The summed E-state index contributed by atoms with van der Waals surface area (Å²) in [5.41, 5.74) is 8.20. The summed E-state index contributed by atoms with van der Waals surface area (Å²) < 4.78 is 17.5. The molecular weight excluding hydrogens is 320 g/mol. The molecule has 0 radical (unpaired) electrons. The average molecular weight is 340 g/mol. The van der Waals surface area contributed by atoms with Crippen molar-refractivity contribution < 1.29 is 14.2 Å². The predicted molar refractivity (Wildman–Crippen MR) is 95.1 cm³/mol. The standard InChI is InChI=1S/C18H20N4O3/c1-23-11-12-25-18-20-17(13-3-9-16(24-2)10-4-13)22(21-18)15-7-5-14(19)6-8-15/h3-10H,11-12,19H2,1-2H3. The summed E-state index contributed by atoms with van der Waals surface area (Å²) in [4.78, 5) is 4.51. The van der Waals surface area contributed by atoms with Crippen molar-refractivity contribution in [3.05, 3.63) is 48.5 Å². The highest BCUT2D eigenvalue weighted by Crippen LogP contribution is 2.25. The SMILES string of the molecule is COCCOc1nc(-c2ccc(OC)cc2)n(-c2ccc(N)cc2)n1. The van der Waals surface area contributed by atoms with Gasteiger partial charge in [-0.2, -0.15) is 4.98 Å². The molecule has 1 aromatic heterocycles. The quantitative estimate of drug-likeness (QED) is 0.525. The fourth-order valence-corrected chi connectivity index (χ4v) is 2.29. The van der Waals surface area contributed by atoms with E-state index < -0.39 is 0 Å². The van der Waals surface area contributed by atoms with Crippen molar-refractivity contribution in [2.75, 3.05) is 33.2 Å². The predicted octanol–water partition coefficient (Wildman–Crippen LogP) is 2.55. The van der Waals surface area contributed by atoms with E-state index in [1.54, 1.807) is 18.9 Å². The number of methoxy groups -OCH3 is 2. The molecule has 2 N–H and O–H groups in total. The van der Waals surface area contributed by atoms with Crippen LogP contribution in [0.5, 0.6) is 11.8 Å². The van der Waals surface area contributed by atoms with Gasteiger partial charge in [-0.25, -0.2) is 4.68 Å². The van der Waals surface area contributed by atoms with Gasteiger partial charge in [0.2, 0.25) is 0 Å². The Balaban J connectivity index is 1.99. The lowest BCUT2D eigenvalue weighted by atomic mass is 10.2. The highest BCUT2D eigenvalue weighted by Gasteiger charge is 2.15. The van der Waals surface area contributed by atoms with Gasteiger partial charge >= 0.3 is 6.01 Å². The van der Waals surface area contributed by atoms with Crippen LogP contribution in [0.25, 0.3) is 17.1 Å². The van der Waals surface area contributed by atoms with E-state index in [1.807, 2.05) is 48.5 Å². The fourth-order valence-electron chi connectivity index (χ4n) is 2.29. The van der Waals surface area contributed by atoms with Crippen molar-refractivity contribution in [2.45, 2.75) is 0 Å². The largest absolute Gasteiger partial charge is 0.497 e. The van der Waals surface area contributed by atoms with E-state index >= 15 is 0 Å². The third-order valence-electron chi connectivity index (χ3n) is 3.59. The van der Waals surface area contributed by atoms with Crippen LogP contribution in [-0.4, -0.2) is 42.2 Å². The Bertz CT molecular complexity index is 813. The van der Waals surface area contributed by atoms with Crippen molar-refractivity contribution in [1.82, 2.24) is 14.8 Å². The summed E-state index contributed by atoms with van der Waals surface area (Å²) in [5.74, 6) is 1.44. The molecule has 0 fully saturated rings. The summed E-state index contributed by atoms with van der Waals surface area (Å²) >= 11 is 0. The fraction of sp³-hybridized carbons (Fsp3) is 0.222. The number of nitrogen functional groups attached to an aromatic ring is 1. The summed E-state index contributed by atoms with van der Waals surface area (Å²) in [6, 6.07) is 15.3. The van der Waals surface area contributed by atoms with Crippen LogP contribution >= 0.6 is 0 Å². The summed E-state index contributed by atoms with van der Waals surface area (Å²) in [5, 5.41) is 4.46. The minimum absolute atomic E-state index is 0.291. The van der Waals surface area contributed by atoms with Crippen LogP contribution in [0, 0.1) is 0 Å². The van der Waals surface area contributed by atoms with Crippen molar-refractivity contribution in [3.8, 4) is 28.8 Å². The molecule has 130 valence electrons. The van der Waals surface area contributed by atoms with E-state index in [-0.39, 0.29) is 0 Å². The molecule has 0 atom stereocenters. The number of hydrogen-bond donors (Lipinski definition) is 1. The molecule has 3 rings (SSSR count). The zero-order valence-corrected chi connectivity index (χ0v) is 14.2. The van der Waals surface area contributed by atoms with Gasteiger partial charge < -0.3 is 19.9 Å². The van der Waals surface area contributed by atoms with Crippen LogP contribution in [0.4, 0.5) is 5.69 Å². The third kappa shape index (κ3) is 3.89. The lowest BCUT2D eigenvalue weighted by molar-refractivity contribution is 0.141. The number of rotatable bonds is 7. The van der Waals surface area contributed by atoms with Crippen LogP contribution in [0.2, 0.25) is 0 Å². The van der Waals surface area contributed by atoms with Crippen LogP contribution in [0.15, 0.2) is 48.5 Å². The highest BCUT2D eigenvalue weighted by atomic mass is 16.5. The maximum absolute atomic E-state index is 5.77. The number of benzene rings is 2. The molecule has 2 aromatic carbocycles. The Morgan fingerprint density at radius 3 is 2.32 bits per heavy atom. The topological polar surface area (TPSA) is 84.4 Å². The maximum atomic E-state index is 5.77. The van der Waals surface area contributed by atoms with Gasteiger partial charge in [0.25, 0.3) is 0 Å². The normalized spacial score (nSPS) is 10.6. The Kier molecular flexibility index (Phi) is 5.15. The van der Waals surface area contributed by atoms with Crippen LogP contribution in [-0.2, 0) is 4.74 Å². The second-order valence-corrected chi connectivity index (χ2v) is 5.29. The Hall–Kier alpha value is -3.06. The summed E-state index contributed by atoms with van der Waals surface area (Å²) in [6.45, 7) is 0.846. The van der Waals surface area contributed by atoms with Crippen molar-refractivity contribution in [2.24, 2.45) is 0 Å². The molecule has 25 heavy (non-hydrogen) atoms. The second kappa shape index (κ2) is 7.67. The van der Waals surface area contributed by atoms with Gasteiger partial charge in [0.1, 0.15) is 12.4 Å². The molecule has 0 amide bonds. The van der Waals surface area contributed by atoms with Gasteiger partial charge in [-0.05, 0) is 48.5 Å². The molecule has 0 saturated carbocycles. The molecule has 0 aliphatic rings.